The van der Waals surface area contributed by atoms with Gasteiger partial charge in [-0.2, -0.15) is 0 Å². The topological polar surface area (TPSA) is 55.8 Å². The Morgan fingerprint density at radius 3 is 2.46 bits per heavy atom. The molecule has 0 aliphatic carbocycles. The zero-order valence-electron chi connectivity index (χ0n) is 15.2. The molecule has 1 saturated heterocycles. The van der Waals surface area contributed by atoms with Crippen LogP contribution >= 0.6 is 0 Å². The van der Waals surface area contributed by atoms with E-state index in [0.717, 1.165) is 38.0 Å². The third-order valence-electron chi connectivity index (χ3n) is 4.44. The molecule has 2 amide bonds. The second-order valence-electron chi connectivity index (χ2n) is 7.31. The third kappa shape index (κ3) is 6.13. The van der Waals surface area contributed by atoms with Crippen molar-refractivity contribution in [1.29, 1.82) is 0 Å². The van der Waals surface area contributed by atoms with Crippen molar-refractivity contribution in [3.63, 3.8) is 0 Å². The molecule has 5 nitrogen and oxygen atoms in total. The van der Waals surface area contributed by atoms with Crippen LogP contribution in [0.5, 0.6) is 0 Å². The van der Waals surface area contributed by atoms with Crippen molar-refractivity contribution in [2.24, 2.45) is 0 Å². The monoisotopic (exact) mass is 333 g/mol. The molecule has 0 unspecified atom stereocenters. The van der Waals surface area contributed by atoms with Crippen molar-refractivity contribution in [1.82, 2.24) is 15.1 Å². The summed E-state index contributed by atoms with van der Waals surface area (Å²) in [6.45, 7) is 9.59. The van der Waals surface area contributed by atoms with Gasteiger partial charge in [-0.15, -0.1) is 0 Å². The number of nitrogens with zero attached hydrogens (tertiary/aromatic N) is 2. The summed E-state index contributed by atoms with van der Waals surface area (Å²) in [6.07, 6.45) is 1.97. The second kappa shape index (κ2) is 8.49. The number of carbonyl (C=O) groups is 1. The number of likely N-dealkylation sites (tertiary alicyclic amines) is 1. The number of nitrogens with one attached hydrogen (secondary N) is 1. The molecule has 1 aromatic rings. The highest BCUT2D eigenvalue weighted by atomic mass is 16.3. The van der Waals surface area contributed by atoms with Gasteiger partial charge >= 0.3 is 6.03 Å². The van der Waals surface area contributed by atoms with E-state index >= 15 is 0 Å². The molecule has 0 spiro atoms. The lowest BCUT2D eigenvalue weighted by atomic mass is 10.1. The smallest absolute Gasteiger partial charge is 0.318 e. The van der Waals surface area contributed by atoms with Crippen LogP contribution in [0.15, 0.2) is 30.3 Å². The molecule has 1 fully saturated rings. The first-order chi connectivity index (χ1) is 11.4. The zero-order chi connectivity index (χ0) is 17.6. The van der Waals surface area contributed by atoms with E-state index in [9.17, 15) is 9.90 Å². The first kappa shape index (κ1) is 18.7. The molecule has 24 heavy (non-hydrogen) atoms. The minimum absolute atomic E-state index is 0.0871. The second-order valence-corrected chi connectivity index (χ2v) is 7.31. The van der Waals surface area contributed by atoms with Gasteiger partial charge in [0.05, 0.1) is 12.1 Å². The highest BCUT2D eigenvalue weighted by Gasteiger charge is 2.26. The lowest BCUT2D eigenvalue weighted by molar-refractivity contribution is 0.0436. The molecule has 1 aliphatic rings. The summed E-state index contributed by atoms with van der Waals surface area (Å²) in [6, 6.07) is 10.0. The summed E-state index contributed by atoms with van der Waals surface area (Å²) < 4.78 is 0. The number of amides is 2. The molecule has 5 heteroatoms. The van der Waals surface area contributed by atoms with Gasteiger partial charge in [-0.1, -0.05) is 37.3 Å². The van der Waals surface area contributed by atoms with E-state index in [0.29, 0.717) is 13.1 Å². The van der Waals surface area contributed by atoms with Gasteiger partial charge in [0.15, 0.2) is 0 Å². The Labute approximate surface area is 145 Å². The Kier molecular flexibility index (Phi) is 6.63. The Balaban J connectivity index is 1.96. The summed E-state index contributed by atoms with van der Waals surface area (Å²) in [5.41, 5.74) is 0.148. The number of piperidine rings is 1. The quantitative estimate of drug-likeness (QED) is 0.841. The van der Waals surface area contributed by atoms with Gasteiger partial charge < -0.3 is 20.2 Å². The van der Waals surface area contributed by atoms with E-state index in [1.165, 1.54) is 0 Å². The van der Waals surface area contributed by atoms with E-state index in [-0.39, 0.29) is 12.1 Å². The van der Waals surface area contributed by atoms with E-state index in [1.54, 1.807) is 18.7 Å². The van der Waals surface area contributed by atoms with Gasteiger partial charge in [0.1, 0.15) is 0 Å². The summed E-state index contributed by atoms with van der Waals surface area (Å²) in [4.78, 5) is 16.8. The standard InChI is InChI=1S/C19H31N3O2/c1-4-21-12-10-17(11-13-21)20-18(23)22(15-19(2,3)24)14-16-8-6-5-7-9-16/h5-9,17,24H,4,10-15H2,1-3H3,(H,20,23). The molecule has 0 atom stereocenters. The van der Waals surface area contributed by atoms with Gasteiger partial charge in [-0.25, -0.2) is 4.79 Å². The SMILES string of the molecule is CCN1CCC(NC(=O)N(Cc2ccccc2)CC(C)(C)O)CC1. The van der Waals surface area contributed by atoms with Gasteiger partial charge in [-0.05, 0) is 38.8 Å². The Morgan fingerprint density at radius 1 is 1.29 bits per heavy atom. The van der Waals surface area contributed by atoms with Crippen molar-refractivity contribution >= 4 is 6.03 Å². The Hall–Kier alpha value is -1.59. The van der Waals surface area contributed by atoms with Crippen molar-refractivity contribution in [3.05, 3.63) is 35.9 Å². The molecule has 0 bridgehead atoms. The van der Waals surface area contributed by atoms with Crippen molar-refractivity contribution in [2.75, 3.05) is 26.2 Å². The van der Waals surface area contributed by atoms with Crippen LogP contribution in [0.3, 0.4) is 0 Å². The number of hydrogen-bond donors (Lipinski definition) is 2. The Morgan fingerprint density at radius 2 is 1.92 bits per heavy atom. The van der Waals surface area contributed by atoms with Crippen LogP contribution in [0.1, 0.15) is 39.2 Å². The molecule has 0 aromatic heterocycles. The highest BCUT2D eigenvalue weighted by molar-refractivity contribution is 5.74. The predicted molar refractivity (Wildman–Crippen MR) is 96.8 cm³/mol. The molecule has 1 aliphatic heterocycles. The first-order valence-corrected chi connectivity index (χ1v) is 8.91. The molecule has 1 heterocycles. The number of urea groups is 1. The maximum absolute atomic E-state index is 12.7. The normalized spacial score (nSPS) is 16.8. The van der Waals surface area contributed by atoms with Gasteiger partial charge in [0, 0.05) is 25.7 Å². The maximum atomic E-state index is 12.7. The van der Waals surface area contributed by atoms with Crippen LogP contribution < -0.4 is 5.32 Å². The Bertz CT molecular complexity index is 505. The van der Waals surface area contributed by atoms with E-state index in [4.69, 9.17) is 0 Å². The summed E-state index contributed by atoms with van der Waals surface area (Å²) >= 11 is 0. The fourth-order valence-electron chi connectivity index (χ4n) is 3.13. The van der Waals surface area contributed by atoms with Gasteiger partial charge in [0.2, 0.25) is 0 Å². The number of hydrogen-bond acceptors (Lipinski definition) is 3. The minimum Gasteiger partial charge on any atom is -0.389 e. The van der Waals surface area contributed by atoms with Crippen molar-refractivity contribution in [2.45, 2.75) is 51.8 Å². The number of rotatable bonds is 6. The molecular weight excluding hydrogens is 302 g/mol. The van der Waals surface area contributed by atoms with Gasteiger partial charge in [-0.3, -0.25) is 0 Å². The number of aliphatic hydroxyl groups is 1. The van der Waals surface area contributed by atoms with E-state index < -0.39 is 5.60 Å². The van der Waals surface area contributed by atoms with Crippen LogP contribution in [-0.2, 0) is 6.54 Å². The van der Waals surface area contributed by atoms with Gasteiger partial charge in [0.25, 0.3) is 0 Å². The van der Waals surface area contributed by atoms with Crippen LogP contribution in [0, 0.1) is 0 Å². The fraction of sp³-hybridized carbons (Fsp3) is 0.632. The zero-order valence-corrected chi connectivity index (χ0v) is 15.2. The highest BCUT2D eigenvalue weighted by Crippen LogP contribution is 2.13. The minimum atomic E-state index is -0.919. The summed E-state index contributed by atoms with van der Waals surface area (Å²) in [5.74, 6) is 0. The lowest BCUT2D eigenvalue weighted by Gasteiger charge is -2.34. The number of carbonyl (C=O) groups excluding carboxylic acids is 1. The molecule has 134 valence electrons. The van der Waals surface area contributed by atoms with E-state index in [1.807, 2.05) is 30.3 Å². The van der Waals surface area contributed by atoms with Crippen molar-refractivity contribution in [3.8, 4) is 0 Å². The van der Waals surface area contributed by atoms with Crippen LogP contribution in [0.4, 0.5) is 4.79 Å². The molecule has 0 radical (unpaired) electrons. The lowest BCUT2D eigenvalue weighted by Crippen LogP contribution is -2.51. The molecule has 0 saturated carbocycles. The first-order valence-electron chi connectivity index (χ1n) is 8.91. The summed E-state index contributed by atoms with van der Waals surface area (Å²) in [7, 11) is 0. The molecular formula is C19H31N3O2. The number of benzene rings is 1. The van der Waals surface area contributed by atoms with Crippen LogP contribution in [0.2, 0.25) is 0 Å². The predicted octanol–water partition coefficient (Wildman–Crippen LogP) is 2.45. The van der Waals surface area contributed by atoms with Crippen LogP contribution in [-0.4, -0.2) is 58.8 Å². The molecule has 2 N–H and O–H groups in total. The van der Waals surface area contributed by atoms with E-state index in [2.05, 4.69) is 17.1 Å². The molecule has 2 rings (SSSR count). The third-order valence-corrected chi connectivity index (χ3v) is 4.44. The average molecular weight is 333 g/mol. The van der Waals surface area contributed by atoms with Crippen molar-refractivity contribution < 1.29 is 9.90 Å². The maximum Gasteiger partial charge on any atom is 0.318 e. The molecule has 1 aromatic carbocycles. The average Bonchev–Trinajstić information content (AvgIpc) is 2.54. The summed E-state index contributed by atoms with van der Waals surface area (Å²) in [5, 5.41) is 13.3. The van der Waals surface area contributed by atoms with Crippen LogP contribution in [0.25, 0.3) is 0 Å². The fourth-order valence-corrected chi connectivity index (χ4v) is 3.13. The largest absolute Gasteiger partial charge is 0.389 e.